The van der Waals surface area contributed by atoms with E-state index in [0.29, 0.717) is 16.6 Å². The molecule has 0 radical (unpaired) electrons. The first-order chi connectivity index (χ1) is 14.7. The van der Waals surface area contributed by atoms with Gasteiger partial charge in [0.15, 0.2) is 11.6 Å². The Morgan fingerprint density at radius 2 is 1.81 bits per heavy atom. The highest BCUT2D eigenvalue weighted by atomic mass is 19.1. The van der Waals surface area contributed by atoms with Crippen LogP contribution in [-0.2, 0) is 10.2 Å². The fourth-order valence-corrected chi connectivity index (χ4v) is 5.08. The number of phenolic OH excluding ortho intramolecular Hbond substituents is 1. The lowest BCUT2D eigenvalue weighted by Crippen LogP contribution is -2.40. The summed E-state index contributed by atoms with van der Waals surface area (Å²) in [5.74, 6) is -3.95. The number of carbonyl (C=O) groups excluding carboxylic acids is 1. The molecule has 3 aromatic rings. The first-order valence-corrected chi connectivity index (χ1v) is 10.2. The second-order valence-electron chi connectivity index (χ2n) is 8.42. The molecule has 1 fully saturated rings. The second-order valence-corrected chi connectivity index (χ2v) is 8.42. The largest absolute Gasteiger partial charge is 0.505 e. The smallest absolute Gasteiger partial charge is 0.314 e. The van der Waals surface area contributed by atoms with Crippen molar-refractivity contribution in [2.45, 2.75) is 44.9 Å². The van der Waals surface area contributed by atoms with Crippen molar-refractivity contribution in [3.8, 4) is 5.75 Å². The standard InChI is InChI=1S/C24H23F2NO4/c1-13-21(24(2,23(30)31)15-7-3-4-8-15)17-11-20(28)18(26)12-19(17)27(13)22(29)14-6-5-9-16(25)10-14/h5-6,9-12,15,28H,3-4,7-8H2,1-2H3,(H,30,31)/t24-/m1/s1. The minimum atomic E-state index is -1.34. The second kappa shape index (κ2) is 7.48. The Kier molecular flexibility index (Phi) is 5.07. The number of carboxylic acids is 1. The summed E-state index contributed by atoms with van der Waals surface area (Å²) in [5.41, 5.74) is -0.426. The summed E-state index contributed by atoms with van der Waals surface area (Å²) in [7, 11) is 0. The highest BCUT2D eigenvalue weighted by Gasteiger charge is 2.47. The molecule has 5 nitrogen and oxygen atoms in total. The third kappa shape index (κ3) is 3.19. The highest BCUT2D eigenvalue weighted by Crippen LogP contribution is 2.47. The van der Waals surface area contributed by atoms with Gasteiger partial charge in [-0.2, -0.15) is 0 Å². The van der Waals surface area contributed by atoms with Gasteiger partial charge in [0.1, 0.15) is 5.82 Å². The van der Waals surface area contributed by atoms with Crippen LogP contribution in [-0.4, -0.2) is 26.7 Å². The van der Waals surface area contributed by atoms with Crippen LogP contribution < -0.4 is 0 Å². The number of phenols is 1. The maximum Gasteiger partial charge on any atom is 0.314 e. The van der Waals surface area contributed by atoms with Crippen LogP contribution in [0.4, 0.5) is 8.78 Å². The Labute approximate surface area is 177 Å². The van der Waals surface area contributed by atoms with Crippen molar-refractivity contribution in [2.75, 3.05) is 0 Å². The molecule has 0 saturated heterocycles. The number of aromatic hydroxyl groups is 1. The molecule has 31 heavy (non-hydrogen) atoms. The van der Waals surface area contributed by atoms with Crippen LogP contribution in [0.15, 0.2) is 36.4 Å². The van der Waals surface area contributed by atoms with E-state index in [4.69, 9.17) is 0 Å². The average molecular weight is 427 g/mol. The van der Waals surface area contributed by atoms with Crippen molar-refractivity contribution in [1.29, 1.82) is 0 Å². The number of fused-ring (bicyclic) bond motifs is 1. The van der Waals surface area contributed by atoms with E-state index in [1.54, 1.807) is 13.8 Å². The van der Waals surface area contributed by atoms with Crippen LogP contribution in [0.1, 0.15) is 54.2 Å². The van der Waals surface area contributed by atoms with Gasteiger partial charge in [-0.25, -0.2) is 8.78 Å². The SMILES string of the molecule is Cc1c([C@](C)(C(=O)O)C2CCCC2)c2cc(O)c(F)cc2n1C(=O)c1cccc(F)c1. The van der Waals surface area contributed by atoms with Crippen LogP contribution in [0.2, 0.25) is 0 Å². The van der Waals surface area contributed by atoms with E-state index in [1.165, 1.54) is 28.8 Å². The zero-order valence-corrected chi connectivity index (χ0v) is 17.3. The van der Waals surface area contributed by atoms with E-state index in [1.807, 2.05) is 0 Å². The lowest BCUT2D eigenvalue weighted by molar-refractivity contribution is -0.145. The summed E-state index contributed by atoms with van der Waals surface area (Å²) in [6, 6.07) is 7.34. The first-order valence-electron chi connectivity index (χ1n) is 10.2. The molecule has 1 atom stereocenters. The van der Waals surface area contributed by atoms with E-state index in [2.05, 4.69) is 0 Å². The lowest BCUT2D eigenvalue weighted by Gasteiger charge is -2.32. The fraction of sp³-hybridized carbons (Fsp3) is 0.333. The van der Waals surface area contributed by atoms with Gasteiger partial charge in [0.2, 0.25) is 0 Å². The monoisotopic (exact) mass is 427 g/mol. The first kappa shape index (κ1) is 21.0. The maximum absolute atomic E-state index is 14.3. The van der Waals surface area contributed by atoms with Gasteiger partial charge in [-0.15, -0.1) is 0 Å². The summed E-state index contributed by atoms with van der Waals surface area (Å²) in [4.78, 5) is 25.9. The molecule has 1 aliphatic carbocycles. The summed E-state index contributed by atoms with van der Waals surface area (Å²) in [6.07, 6.45) is 3.26. The number of carboxylic acid groups (broad SMARTS) is 1. The van der Waals surface area contributed by atoms with Crippen LogP contribution in [0, 0.1) is 24.5 Å². The Bertz CT molecular complexity index is 1210. The Hall–Kier alpha value is -3.22. The third-order valence-electron chi connectivity index (χ3n) is 6.68. The molecule has 2 aromatic carbocycles. The molecule has 0 amide bonds. The molecule has 0 aliphatic heterocycles. The van der Waals surface area contributed by atoms with Gasteiger partial charge < -0.3 is 10.2 Å². The molecule has 0 unspecified atom stereocenters. The lowest BCUT2D eigenvalue weighted by atomic mass is 9.70. The number of hydrogen-bond acceptors (Lipinski definition) is 3. The molecular weight excluding hydrogens is 404 g/mol. The summed E-state index contributed by atoms with van der Waals surface area (Å²) in [5, 5.41) is 20.6. The quantitative estimate of drug-likeness (QED) is 0.603. The minimum Gasteiger partial charge on any atom is -0.505 e. The van der Waals surface area contributed by atoms with E-state index >= 15 is 0 Å². The van der Waals surface area contributed by atoms with Gasteiger partial charge in [-0.3, -0.25) is 14.2 Å². The summed E-state index contributed by atoms with van der Waals surface area (Å²) >= 11 is 0. The van der Waals surface area contributed by atoms with Gasteiger partial charge in [-0.1, -0.05) is 18.9 Å². The van der Waals surface area contributed by atoms with Crippen LogP contribution in [0.5, 0.6) is 5.75 Å². The Morgan fingerprint density at radius 3 is 2.42 bits per heavy atom. The number of carbonyl (C=O) groups is 2. The van der Waals surface area contributed by atoms with Crippen molar-refractivity contribution in [2.24, 2.45) is 5.92 Å². The number of aromatic nitrogens is 1. The number of nitrogens with zero attached hydrogens (tertiary/aromatic N) is 1. The van der Waals surface area contributed by atoms with Gasteiger partial charge in [0.05, 0.1) is 10.9 Å². The van der Waals surface area contributed by atoms with Gasteiger partial charge in [0, 0.05) is 22.7 Å². The summed E-state index contributed by atoms with van der Waals surface area (Å²) < 4.78 is 29.3. The normalized spacial score (nSPS) is 16.5. The molecule has 7 heteroatoms. The Balaban J connectivity index is 2.05. The number of rotatable bonds is 4. The van der Waals surface area contributed by atoms with Crippen molar-refractivity contribution < 1.29 is 28.6 Å². The predicted molar refractivity (Wildman–Crippen MR) is 111 cm³/mol. The molecule has 162 valence electrons. The van der Waals surface area contributed by atoms with Crippen LogP contribution >= 0.6 is 0 Å². The molecule has 1 aromatic heterocycles. The molecule has 1 aliphatic rings. The highest BCUT2D eigenvalue weighted by molar-refractivity contribution is 6.06. The summed E-state index contributed by atoms with van der Waals surface area (Å²) in [6.45, 7) is 3.24. The molecule has 0 bridgehead atoms. The minimum absolute atomic E-state index is 0.0536. The van der Waals surface area contributed by atoms with Crippen molar-refractivity contribution in [3.05, 3.63) is 64.9 Å². The molecule has 4 rings (SSSR count). The van der Waals surface area contributed by atoms with Crippen molar-refractivity contribution in [3.63, 3.8) is 0 Å². The number of hydrogen-bond donors (Lipinski definition) is 2. The van der Waals surface area contributed by atoms with Gasteiger partial charge in [-0.05, 0) is 62.4 Å². The number of benzene rings is 2. The molecule has 2 N–H and O–H groups in total. The van der Waals surface area contributed by atoms with Crippen LogP contribution in [0.25, 0.3) is 10.9 Å². The fourth-order valence-electron chi connectivity index (χ4n) is 5.08. The zero-order valence-electron chi connectivity index (χ0n) is 17.3. The van der Waals surface area contributed by atoms with E-state index in [0.717, 1.165) is 37.8 Å². The van der Waals surface area contributed by atoms with Crippen molar-refractivity contribution >= 4 is 22.8 Å². The maximum atomic E-state index is 14.3. The molecule has 1 saturated carbocycles. The van der Waals surface area contributed by atoms with E-state index in [-0.39, 0.29) is 17.0 Å². The number of halogens is 2. The van der Waals surface area contributed by atoms with E-state index < -0.39 is 34.7 Å². The predicted octanol–water partition coefficient (Wildman–Crippen LogP) is 5.15. The average Bonchev–Trinajstić information content (AvgIpc) is 3.34. The zero-order chi connectivity index (χ0) is 22.5. The van der Waals surface area contributed by atoms with Crippen molar-refractivity contribution in [1.82, 2.24) is 4.57 Å². The molecule has 0 spiro atoms. The number of aliphatic carboxylic acids is 1. The van der Waals surface area contributed by atoms with E-state index in [9.17, 15) is 28.6 Å². The third-order valence-corrected chi connectivity index (χ3v) is 6.68. The molecule has 1 heterocycles. The molecular formula is C24H23F2NO4. The topological polar surface area (TPSA) is 79.5 Å². The van der Waals surface area contributed by atoms with Gasteiger partial charge in [0.25, 0.3) is 5.91 Å². The van der Waals surface area contributed by atoms with Crippen LogP contribution in [0.3, 0.4) is 0 Å². The Morgan fingerprint density at radius 1 is 1.13 bits per heavy atom. The van der Waals surface area contributed by atoms with Gasteiger partial charge >= 0.3 is 5.97 Å².